The Morgan fingerprint density at radius 3 is 2.00 bits per heavy atom. The predicted octanol–water partition coefficient (Wildman–Crippen LogP) is 3.61. The van der Waals surface area contributed by atoms with Gasteiger partial charge in [-0.3, -0.25) is 0 Å². The van der Waals surface area contributed by atoms with E-state index in [1.807, 2.05) is 60.7 Å². The molecule has 0 aliphatic heterocycles. The van der Waals surface area contributed by atoms with E-state index in [0.29, 0.717) is 11.3 Å². The van der Waals surface area contributed by atoms with E-state index in [0.717, 1.165) is 11.1 Å². The third kappa shape index (κ3) is 5.25. The van der Waals surface area contributed by atoms with Gasteiger partial charge in [0.05, 0.1) is 18.0 Å². The molecule has 6 nitrogen and oxygen atoms in total. The fraction of sp³-hybridized carbons (Fsp3) is 0.174. The van der Waals surface area contributed by atoms with E-state index in [2.05, 4.69) is 9.46 Å². The van der Waals surface area contributed by atoms with E-state index in [-0.39, 0.29) is 11.5 Å². The summed E-state index contributed by atoms with van der Waals surface area (Å²) in [6.07, 6.45) is 0. The van der Waals surface area contributed by atoms with Crippen molar-refractivity contribution in [2.24, 2.45) is 0 Å². The van der Waals surface area contributed by atoms with Crippen molar-refractivity contribution < 1.29 is 22.7 Å². The Bertz CT molecular complexity index is 1060. The molecule has 0 heterocycles. The summed E-state index contributed by atoms with van der Waals surface area (Å²) in [6.45, 7) is 1.48. The van der Waals surface area contributed by atoms with Crippen LogP contribution in [-0.4, -0.2) is 28.1 Å². The van der Waals surface area contributed by atoms with Gasteiger partial charge < -0.3 is 9.47 Å². The lowest BCUT2D eigenvalue weighted by Crippen LogP contribution is -2.29. The number of methoxy groups -OCH3 is 1. The van der Waals surface area contributed by atoms with Crippen LogP contribution in [0.4, 0.5) is 0 Å². The first kappa shape index (κ1) is 21.5. The van der Waals surface area contributed by atoms with Gasteiger partial charge in [-0.25, -0.2) is 13.2 Å². The van der Waals surface area contributed by atoms with Crippen LogP contribution in [0.1, 0.15) is 22.7 Å². The van der Waals surface area contributed by atoms with Crippen LogP contribution in [0.5, 0.6) is 5.75 Å². The smallest absolute Gasteiger partial charge is 0.343 e. The highest BCUT2D eigenvalue weighted by molar-refractivity contribution is 7.89. The molecule has 0 aliphatic rings. The van der Waals surface area contributed by atoms with Gasteiger partial charge in [0.2, 0.25) is 10.0 Å². The molecule has 3 aromatic rings. The normalized spacial score (nSPS) is 11.3. The van der Waals surface area contributed by atoms with Gasteiger partial charge in [0.15, 0.2) is 6.61 Å². The highest BCUT2D eigenvalue weighted by Gasteiger charge is 2.23. The number of aryl methyl sites for hydroxylation is 1. The molecule has 0 saturated carbocycles. The van der Waals surface area contributed by atoms with Crippen molar-refractivity contribution in [1.29, 1.82) is 0 Å². The van der Waals surface area contributed by atoms with Crippen molar-refractivity contribution >= 4 is 16.0 Å². The molecule has 1 N–H and O–H groups in total. The minimum atomic E-state index is -3.83. The van der Waals surface area contributed by atoms with Crippen LogP contribution in [0.2, 0.25) is 0 Å². The molecular formula is C23H23NO5S. The second-order valence-electron chi connectivity index (χ2n) is 6.67. The topological polar surface area (TPSA) is 81.7 Å². The zero-order valence-corrected chi connectivity index (χ0v) is 17.6. The van der Waals surface area contributed by atoms with Gasteiger partial charge in [0.25, 0.3) is 0 Å². The van der Waals surface area contributed by atoms with E-state index in [1.54, 1.807) is 6.92 Å². The molecule has 0 aromatic heterocycles. The fourth-order valence-electron chi connectivity index (χ4n) is 2.99. The minimum Gasteiger partial charge on any atom is -0.482 e. The second kappa shape index (κ2) is 9.56. The number of rotatable bonds is 8. The van der Waals surface area contributed by atoms with E-state index in [1.165, 1.54) is 25.3 Å². The van der Waals surface area contributed by atoms with Crippen molar-refractivity contribution in [3.8, 4) is 5.75 Å². The van der Waals surface area contributed by atoms with Crippen molar-refractivity contribution in [1.82, 2.24) is 4.72 Å². The van der Waals surface area contributed by atoms with Gasteiger partial charge in [-0.15, -0.1) is 0 Å². The Hall–Kier alpha value is -3.16. The summed E-state index contributed by atoms with van der Waals surface area (Å²) in [4.78, 5) is 11.4. The van der Waals surface area contributed by atoms with Crippen LogP contribution >= 0.6 is 0 Å². The van der Waals surface area contributed by atoms with E-state index in [4.69, 9.17) is 4.74 Å². The van der Waals surface area contributed by atoms with Gasteiger partial charge in [-0.1, -0.05) is 60.7 Å². The summed E-state index contributed by atoms with van der Waals surface area (Å²) in [6, 6.07) is 22.8. The number of carbonyl (C=O) groups is 1. The quantitative estimate of drug-likeness (QED) is 0.558. The maximum atomic E-state index is 13.1. The van der Waals surface area contributed by atoms with Gasteiger partial charge in [-0.2, -0.15) is 4.72 Å². The summed E-state index contributed by atoms with van der Waals surface area (Å²) in [5, 5.41) is 0. The fourth-order valence-corrected chi connectivity index (χ4v) is 4.29. The number of sulfonamides is 1. The molecule has 0 bridgehead atoms. The monoisotopic (exact) mass is 425 g/mol. The number of hydrogen-bond acceptors (Lipinski definition) is 5. The highest BCUT2D eigenvalue weighted by Crippen LogP contribution is 2.26. The average Bonchev–Trinajstić information content (AvgIpc) is 2.77. The van der Waals surface area contributed by atoms with Crippen molar-refractivity contribution in [3.63, 3.8) is 0 Å². The summed E-state index contributed by atoms with van der Waals surface area (Å²) in [7, 11) is -2.55. The molecule has 7 heteroatoms. The summed E-state index contributed by atoms with van der Waals surface area (Å²) in [5.74, 6) is -0.0941. The number of ether oxygens (including phenoxy) is 2. The molecule has 0 amide bonds. The SMILES string of the molecule is COC(=O)COc1ccc(S(=O)(=O)NC(c2ccccc2)c2ccccc2)cc1C. The molecule has 3 aromatic carbocycles. The predicted molar refractivity (Wildman–Crippen MR) is 114 cm³/mol. The average molecular weight is 426 g/mol. The second-order valence-corrected chi connectivity index (χ2v) is 8.38. The molecule has 0 radical (unpaired) electrons. The third-order valence-electron chi connectivity index (χ3n) is 4.57. The van der Waals surface area contributed by atoms with Crippen molar-refractivity contribution in [2.45, 2.75) is 17.9 Å². The summed E-state index contributed by atoms with van der Waals surface area (Å²) < 4.78 is 39.0. The summed E-state index contributed by atoms with van der Waals surface area (Å²) in [5.41, 5.74) is 2.27. The molecule has 3 rings (SSSR count). The van der Waals surface area contributed by atoms with Crippen molar-refractivity contribution in [3.05, 3.63) is 95.6 Å². The Labute approximate surface area is 176 Å². The molecule has 156 valence electrons. The zero-order valence-electron chi connectivity index (χ0n) is 16.7. The first-order chi connectivity index (χ1) is 14.4. The van der Waals surface area contributed by atoms with Crippen molar-refractivity contribution in [2.75, 3.05) is 13.7 Å². The van der Waals surface area contributed by atoms with E-state index < -0.39 is 22.0 Å². The zero-order chi connectivity index (χ0) is 21.6. The lowest BCUT2D eigenvalue weighted by atomic mass is 10.00. The number of benzene rings is 3. The van der Waals surface area contributed by atoms with Gasteiger partial charge >= 0.3 is 5.97 Å². The number of carbonyl (C=O) groups excluding carboxylic acids is 1. The lowest BCUT2D eigenvalue weighted by molar-refractivity contribution is -0.142. The molecule has 0 fully saturated rings. The first-order valence-electron chi connectivity index (χ1n) is 9.33. The van der Waals surface area contributed by atoms with Gasteiger partial charge in [-0.05, 0) is 41.8 Å². The standard InChI is InChI=1S/C23H23NO5S/c1-17-15-20(13-14-21(17)29-16-22(25)28-2)30(26,27)24-23(18-9-5-3-6-10-18)19-11-7-4-8-12-19/h3-15,23-24H,16H2,1-2H3. The van der Waals surface area contributed by atoms with Crippen LogP contribution in [0.3, 0.4) is 0 Å². The Morgan fingerprint density at radius 2 is 1.50 bits per heavy atom. The maximum Gasteiger partial charge on any atom is 0.343 e. The van der Waals surface area contributed by atoms with Crippen LogP contribution in [-0.2, 0) is 19.6 Å². The Morgan fingerprint density at radius 1 is 0.933 bits per heavy atom. The first-order valence-corrected chi connectivity index (χ1v) is 10.8. The number of esters is 1. The Balaban J connectivity index is 1.88. The summed E-state index contributed by atoms with van der Waals surface area (Å²) >= 11 is 0. The molecule has 0 atom stereocenters. The van der Waals surface area contributed by atoms with E-state index >= 15 is 0 Å². The van der Waals surface area contributed by atoms with Crippen LogP contribution < -0.4 is 9.46 Å². The van der Waals surface area contributed by atoms with E-state index in [9.17, 15) is 13.2 Å². The highest BCUT2D eigenvalue weighted by atomic mass is 32.2. The molecule has 30 heavy (non-hydrogen) atoms. The molecule has 0 saturated heterocycles. The lowest BCUT2D eigenvalue weighted by Gasteiger charge is -2.20. The largest absolute Gasteiger partial charge is 0.482 e. The minimum absolute atomic E-state index is 0.113. The van der Waals surface area contributed by atoms with Gasteiger partial charge in [0, 0.05) is 0 Å². The molecule has 0 aliphatic carbocycles. The number of nitrogens with one attached hydrogen (secondary N) is 1. The molecule has 0 spiro atoms. The van der Waals surface area contributed by atoms with Crippen LogP contribution in [0, 0.1) is 6.92 Å². The number of hydrogen-bond donors (Lipinski definition) is 1. The van der Waals surface area contributed by atoms with Crippen LogP contribution in [0.15, 0.2) is 83.8 Å². The third-order valence-corrected chi connectivity index (χ3v) is 5.99. The molecular weight excluding hydrogens is 402 g/mol. The molecule has 0 unspecified atom stereocenters. The van der Waals surface area contributed by atoms with Crippen LogP contribution in [0.25, 0.3) is 0 Å². The maximum absolute atomic E-state index is 13.1. The Kier molecular flexibility index (Phi) is 6.87. The van der Waals surface area contributed by atoms with Gasteiger partial charge in [0.1, 0.15) is 5.75 Å².